The number of nitrogens with one attached hydrogen (secondary N) is 2. The lowest BCUT2D eigenvalue weighted by Gasteiger charge is -2.06. The molecule has 116 valence electrons. The number of aryl methyl sites for hydroxylation is 1. The summed E-state index contributed by atoms with van der Waals surface area (Å²) in [7, 11) is 1.50. The highest BCUT2D eigenvalue weighted by Crippen LogP contribution is 2.16. The molecule has 0 unspecified atom stereocenters. The van der Waals surface area contributed by atoms with Crippen LogP contribution in [-0.4, -0.2) is 23.9 Å². The quantitative estimate of drug-likeness (QED) is 0.826. The zero-order chi connectivity index (χ0) is 15.9. The Morgan fingerprint density at radius 2 is 1.95 bits per heavy atom. The van der Waals surface area contributed by atoms with Crippen molar-refractivity contribution < 1.29 is 14.3 Å². The Morgan fingerprint density at radius 3 is 2.55 bits per heavy atom. The SMILES string of the molecule is CCc1ccc(CNC(=O)C(=O)Nc2ccc(OC)nc2)s1. The highest BCUT2D eigenvalue weighted by atomic mass is 32.1. The van der Waals surface area contributed by atoms with Gasteiger partial charge in [-0.2, -0.15) is 0 Å². The molecule has 2 heterocycles. The van der Waals surface area contributed by atoms with Crippen LogP contribution in [0.25, 0.3) is 0 Å². The summed E-state index contributed by atoms with van der Waals surface area (Å²) in [6, 6.07) is 7.19. The summed E-state index contributed by atoms with van der Waals surface area (Å²) < 4.78 is 4.92. The van der Waals surface area contributed by atoms with E-state index < -0.39 is 11.8 Å². The number of aromatic nitrogens is 1. The van der Waals surface area contributed by atoms with Crippen LogP contribution < -0.4 is 15.4 Å². The minimum absolute atomic E-state index is 0.345. The molecule has 2 aromatic heterocycles. The van der Waals surface area contributed by atoms with Crippen LogP contribution in [0.5, 0.6) is 5.88 Å². The second-order valence-corrected chi connectivity index (χ2v) is 5.70. The van der Waals surface area contributed by atoms with Gasteiger partial charge in [0, 0.05) is 15.8 Å². The molecule has 2 rings (SSSR count). The third-order valence-electron chi connectivity index (χ3n) is 2.90. The van der Waals surface area contributed by atoms with Gasteiger partial charge in [-0.05, 0) is 24.6 Å². The molecule has 0 aliphatic rings. The lowest BCUT2D eigenvalue weighted by molar-refractivity contribution is -0.136. The average molecular weight is 319 g/mol. The van der Waals surface area contributed by atoms with Gasteiger partial charge in [0.15, 0.2) is 0 Å². The summed E-state index contributed by atoms with van der Waals surface area (Å²) in [5.74, 6) is -0.964. The molecule has 0 atom stereocenters. The third-order valence-corrected chi connectivity index (χ3v) is 4.13. The van der Waals surface area contributed by atoms with Crippen molar-refractivity contribution in [1.29, 1.82) is 0 Å². The zero-order valence-electron chi connectivity index (χ0n) is 12.4. The van der Waals surface area contributed by atoms with Crippen molar-refractivity contribution in [3.8, 4) is 5.88 Å². The summed E-state index contributed by atoms with van der Waals surface area (Å²) >= 11 is 1.62. The van der Waals surface area contributed by atoms with Crippen LogP contribution in [0.4, 0.5) is 5.69 Å². The van der Waals surface area contributed by atoms with Crippen molar-refractivity contribution in [2.75, 3.05) is 12.4 Å². The number of ether oxygens (including phenoxy) is 1. The average Bonchev–Trinajstić information content (AvgIpc) is 3.01. The Balaban J connectivity index is 1.84. The maximum atomic E-state index is 11.8. The van der Waals surface area contributed by atoms with Crippen molar-refractivity contribution in [3.63, 3.8) is 0 Å². The zero-order valence-corrected chi connectivity index (χ0v) is 13.2. The fraction of sp³-hybridized carbons (Fsp3) is 0.267. The smallest absolute Gasteiger partial charge is 0.313 e. The summed E-state index contributed by atoms with van der Waals surface area (Å²) in [6.07, 6.45) is 2.39. The van der Waals surface area contributed by atoms with Crippen LogP contribution >= 0.6 is 11.3 Å². The number of anilines is 1. The second-order valence-electron chi connectivity index (χ2n) is 4.45. The number of hydrogen-bond donors (Lipinski definition) is 2. The standard InChI is InChI=1S/C15H17N3O3S/c1-3-11-5-6-12(22-11)9-17-14(19)15(20)18-10-4-7-13(21-2)16-8-10/h4-8H,3,9H2,1-2H3,(H,17,19)(H,18,20). The first-order chi connectivity index (χ1) is 10.6. The molecule has 0 saturated heterocycles. The number of amides is 2. The van der Waals surface area contributed by atoms with Crippen LogP contribution in [-0.2, 0) is 22.6 Å². The number of methoxy groups -OCH3 is 1. The molecule has 7 heteroatoms. The van der Waals surface area contributed by atoms with Crippen molar-refractivity contribution in [2.45, 2.75) is 19.9 Å². The Labute approximate surface area is 132 Å². The van der Waals surface area contributed by atoms with E-state index in [1.165, 1.54) is 18.2 Å². The summed E-state index contributed by atoms with van der Waals surface area (Å²) in [5.41, 5.74) is 0.436. The highest BCUT2D eigenvalue weighted by Gasteiger charge is 2.14. The normalized spacial score (nSPS) is 10.1. The molecule has 22 heavy (non-hydrogen) atoms. The third kappa shape index (κ3) is 4.29. The molecule has 2 amide bonds. The Bertz CT molecular complexity index is 652. The van der Waals surface area contributed by atoms with E-state index in [9.17, 15) is 9.59 Å². The van der Waals surface area contributed by atoms with Crippen molar-refractivity contribution in [1.82, 2.24) is 10.3 Å². The molecule has 2 aromatic rings. The van der Waals surface area contributed by atoms with Crippen LogP contribution in [0, 0.1) is 0 Å². The number of pyridine rings is 1. The molecular weight excluding hydrogens is 302 g/mol. The number of rotatable bonds is 5. The van der Waals surface area contributed by atoms with Gasteiger partial charge >= 0.3 is 11.8 Å². The van der Waals surface area contributed by atoms with Gasteiger partial charge in [0.25, 0.3) is 0 Å². The lowest BCUT2D eigenvalue weighted by atomic mass is 10.3. The van der Waals surface area contributed by atoms with Crippen LogP contribution in [0.2, 0.25) is 0 Å². The Kier molecular flexibility index (Phi) is 5.48. The van der Waals surface area contributed by atoms with Crippen LogP contribution in [0.3, 0.4) is 0 Å². The minimum atomic E-state index is -0.723. The molecule has 0 aromatic carbocycles. The molecule has 0 aliphatic carbocycles. The van der Waals surface area contributed by atoms with Gasteiger partial charge in [0.1, 0.15) is 0 Å². The maximum absolute atomic E-state index is 11.8. The van der Waals surface area contributed by atoms with Gasteiger partial charge in [0.2, 0.25) is 5.88 Å². The van der Waals surface area contributed by atoms with Crippen molar-refractivity contribution >= 4 is 28.8 Å². The van der Waals surface area contributed by atoms with E-state index in [0.717, 1.165) is 11.3 Å². The van der Waals surface area contributed by atoms with Gasteiger partial charge in [-0.15, -0.1) is 11.3 Å². The van der Waals surface area contributed by atoms with Gasteiger partial charge in [-0.25, -0.2) is 4.98 Å². The van der Waals surface area contributed by atoms with E-state index in [4.69, 9.17) is 4.74 Å². The molecule has 2 N–H and O–H groups in total. The lowest BCUT2D eigenvalue weighted by Crippen LogP contribution is -2.34. The van der Waals surface area contributed by atoms with E-state index in [-0.39, 0.29) is 0 Å². The van der Waals surface area contributed by atoms with Gasteiger partial charge < -0.3 is 15.4 Å². The first-order valence-corrected chi connectivity index (χ1v) is 7.60. The molecule has 0 saturated carbocycles. The van der Waals surface area contributed by atoms with E-state index >= 15 is 0 Å². The summed E-state index contributed by atoms with van der Waals surface area (Å²) in [4.78, 5) is 29.7. The number of thiophene rings is 1. The molecule has 0 aliphatic heterocycles. The molecular formula is C15H17N3O3S. The fourth-order valence-corrected chi connectivity index (χ4v) is 2.62. The monoisotopic (exact) mass is 319 g/mol. The van der Waals surface area contributed by atoms with Gasteiger partial charge in [0.05, 0.1) is 25.5 Å². The first-order valence-electron chi connectivity index (χ1n) is 6.79. The fourth-order valence-electron chi connectivity index (χ4n) is 1.72. The molecule has 0 bridgehead atoms. The molecule has 0 radical (unpaired) electrons. The number of carbonyl (C=O) groups excluding carboxylic acids is 2. The minimum Gasteiger partial charge on any atom is -0.481 e. The number of carbonyl (C=O) groups is 2. The van der Waals surface area contributed by atoms with Gasteiger partial charge in [-0.3, -0.25) is 9.59 Å². The Hall–Kier alpha value is -2.41. The van der Waals surface area contributed by atoms with E-state index in [0.29, 0.717) is 18.1 Å². The molecule has 6 nitrogen and oxygen atoms in total. The van der Waals surface area contributed by atoms with Crippen LogP contribution in [0.15, 0.2) is 30.5 Å². The first kappa shape index (κ1) is 16.0. The van der Waals surface area contributed by atoms with E-state index in [1.54, 1.807) is 23.5 Å². The second kappa shape index (κ2) is 7.56. The predicted octanol–water partition coefficient (Wildman–Crippen LogP) is 1.97. The summed E-state index contributed by atoms with van der Waals surface area (Å²) in [5, 5.41) is 5.07. The van der Waals surface area contributed by atoms with Gasteiger partial charge in [-0.1, -0.05) is 6.92 Å². The largest absolute Gasteiger partial charge is 0.481 e. The Morgan fingerprint density at radius 1 is 1.18 bits per heavy atom. The predicted molar refractivity (Wildman–Crippen MR) is 85.0 cm³/mol. The van der Waals surface area contributed by atoms with Crippen molar-refractivity contribution in [2.24, 2.45) is 0 Å². The van der Waals surface area contributed by atoms with E-state index in [2.05, 4.69) is 22.5 Å². The summed E-state index contributed by atoms with van der Waals surface area (Å²) in [6.45, 7) is 2.42. The molecule has 0 spiro atoms. The maximum Gasteiger partial charge on any atom is 0.313 e. The van der Waals surface area contributed by atoms with Crippen LogP contribution in [0.1, 0.15) is 16.7 Å². The van der Waals surface area contributed by atoms with Crippen molar-refractivity contribution in [3.05, 3.63) is 40.2 Å². The highest BCUT2D eigenvalue weighted by molar-refractivity contribution is 7.11. The number of hydrogen-bond acceptors (Lipinski definition) is 5. The topological polar surface area (TPSA) is 80.3 Å². The molecule has 0 fully saturated rings. The number of nitrogens with zero attached hydrogens (tertiary/aromatic N) is 1. The van der Waals surface area contributed by atoms with E-state index in [1.807, 2.05) is 12.1 Å².